The molecule has 676 valence electrons. The van der Waals surface area contributed by atoms with Gasteiger partial charge < -0.3 is 120 Å². The van der Waals surface area contributed by atoms with Gasteiger partial charge in [0.1, 0.15) is 55.8 Å². The molecule has 0 aromatic carbocycles. The van der Waals surface area contributed by atoms with Gasteiger partial charge in [-0.2, -0.15) is 5.26 Å². The number of hydrogen-bond acceptors (Lipinski definition) is 33. The number of rotatable bonds is 57. The number of esters is 6. The molecule has 3 aliphatic heterocycles. The van der Waals surface area contributed by atoms with Crippen LogP contribution in [0, 0.1) is 35.0 Å². The lowest BCUT2D eigenvalue weighted by Gasteiger charge is -2.43. The van der Waals surface area contributed by atoms with Crippen molar-refractivity contribution in [2.24, 2.45) is 23.7 Å². The quantitative estimate of drug-likeness (QED) is 0.0285. The van der Waals surface area contributed by atoms with Gasteiger partial charge in [0.25, 0.3) is 8.53 Å². The maximum absolute atomic E-state index is 15.1. The van der Waals surface area contributed by atoms with Crippen molar-refractivity contribution in [1.29, 1.82) is 5.26 Å². The monoisotopic (exact) mass is 1710 g/mol. The first-order valence-electron chi connectivity index (χ1n) is 41.3. The van der Waals surface area contributed by atoms with E-state index in [1.54, 1.807) is 20.8 Å². The Labute approximate surface area is 695 Å². The molecule has 0 radical (unpaired) electrons. The third-order valence-electron chi connectivity index (χ3n) is 19.4. The molecular formula is C79H134N7O31P. The molecule has 0 aromatic heterocycles. The zero-order valence-corrected chi connectivity index (χ0v) is 72.8. The van der Waals surface area contributed by atoms with Gasteiger partial charge in [-0.25, -0.2) is 4.67 Å². The van der Waals surface area contributed by atoms with E-state index >= 15 is 4.79 Å². The van der Waals surface area contributed by atoms with E-state index in [9.17, 15) is 53.2 Å². The van der Waals surface area contributed by atoms with Crippen LogP contribution in [0.3, 0.4) is 0 Å². The van der Waals surface area contributed by atoms with E-state index in [4.69, 9.17) is 94.3 Å². The molecular weight excluding hydrogens is 1570 g/mol. The Balaban J connectivity index is 1.41. The van der Waals surface area contributed by atoms with Crippen LogP contribution < -0.4 is 21.3 Å². The fourth-order valence-electron chi connectivity index (χ4n) is 13.9. The van der Waals surface area contributed by atoms with Crippen molar-refractivity contribution in [2.45, 2.75) is 273 Å². The van der Waals surface area contributed by atoms with Gasteiger partial charge in [-0.15, -0.1) is 0 Å². The molecule has 39 heteroatoms. The van der Waals surface area contributed by atoms with E-state index in [0.717, 1.165) is 4.90 Å². The van der Waals surface area contributed by atoms with Crippen LogP contribution in [0.1, 0.15) is 175 Å². The van der Waals surface area contributed by atoms with Gasteiger partial charge in [-0.1, -0.05) is 41.5 Å². The van der Waals surface area contributed by atoms with Crippen molar-refractivity contribution in [3.8, 4) is 6.07 Å². The van der Waals surface area contributed by atoms with Crippen molar-refractivity contribution < 1.29 is 147 Å². The molecule has 0 bridgehead atoms. The largest absolute Gasteiger partial charge is 0.458 e. The summed E-state index contributed by atoms with van der Waals surface area (Å²) >= 11 is 0. The first-order chi connectivity index (χ1) is 56.3. The minimum absolute atomic E-state index is 0.0140. The molecule has 4 rings (SSSR count). The van der Waals surface area contributed by atoms with Gasteiger partial charge in [0, 0.05) is 103 Å². The maximum Gasteiger partial charge on any atom is 0.303 e. The molecule has 4 fully saturated rings. The summed E-state index contributed by atoms with van der Waals surface area (Å²) in [4.78, 5) is 144. The minimum Gasteiger partial charge on any atom is -0.458 e. The number of amides is 5. The molecule has 4 N–H and O–H groups in total. The molecule has 5 amide bonds. The van der Waals surface area contributed by atoms with E-state index < -0.39 is 190 Å². The Morgan fingerprint density at radius 1 is 0.441 bits per heavy atom. The van der Waals surface area contributed by atoms with Crippen LogP contribution in [-0.4, -0.2) is 311 Å². The molecule has 0 aromatic rings. The third kappa shape index (κ3) is 38.7. The molecule has 118 heavy (non-hydrogen) atoms. The van der Waals surface area contributed by atoms with Crippen LogP contribution in [0.25, 0.3) is 0 Å². The summed E-state index contributed by atoms with van der Waals surface area (Å²) in [7, 11) is -1.57. The summed E-state index contributed by atoms with van der Waals surface area (Å²) in [5, 5.41) is 20.4. The Hall–Kier alpha value is -6.51. The highest BCUT2D eigenvalue weighted by Gasteiger charge is 2.51. The summed E-state index contributed by atoms with van der Waals surface area (Å²) in [6.07, 6.45) is -6.65. The SMILES string of the molecule is CCC1OC(OCCOCCOCCNC(=O)CCC(NC(=O)C2CCC(OP(OCCC#N)N(C(C)C)C(C)C)CC2)C(=O)N(CC(=O)NCCOCCOCCOC2OC(CC)C(OC(C)=O)C(OC(C)=O)C2C)CC(=O)NCCOCCOCCOC2OC(CC)C(OC(C)=O)C(OC(C)=O)C2C)C(C)C(OC(C)=O)C1OC(C)=O. The van der Waals surface area contributed by atoms with Gasteiger partial charge >= 0.3 is 35.8 Å². The number of ether oxygens (including phenoxy) is 18. The molecule has 3 saturated heterocycles. The van der Waals surface area contributed by atoms with Crippen molar-refractivity contribution >= 4 is 73.9 Å². The van der Waals surface area contributed by atoms with Crippen molar-refractivity contribution in [1.82, 2.24) is 30.8 Å². The smallest absolute Gasteiger partial charge is 0.303 e. The van der Waals surface area contributed by atoms with E-state index in [1.807, 2.05) is 48.5 Å². The Kier molecular flexibility index (Phi) is 50.8. The lowest BCUT2D eigenvalue weighted by atomic mass is 9.86. The van der Waals surface area contributed by atoms with Crippen LogP contribution in [0.15, 0.2) is 0 Å². The molecule has 1 saturated carbocycles. The second kappa shape index (κ2) is 57.7. The summed E-state index contributed by atoms with van der Waals surface area (Å²) in [5.41, 5.74) is 0. The Morgan fingerprint density at radius 2 is 0.763 bits per heavy atom. The third-order valence-corrected chi connectivity index (χ3v) is 21.6. The van der Waals surface area contributed by atoms with Gasteiger partial charge in [0.15, 0.2) is 37.2 Å². The molecule has 17 atom stereocenters. The number of nitriles is 1. The number of hydrogen-bond donors (Lipinski definition) is 4. The second-order valence-electron chi connectivity index (χ2n) is 29.6. The zero-order chi connectivity index (χ0) is 87.2. The molecule has 17 unspecified atom stereocenters. The van der Waals surface area contributed by atoms with Crippen LogP contribution >= 0.6 is 8.53 Å². The topological polar surface area (TPSA) is 451 Å². The molecule has 4 aliphatic rings. The van der Waals surface area contributed by atoms with Crippen molar-refractivity contribution in [3.63, 3.8) is 0 Å². The van der Waals surface area contributed by atoms with E-state index in [1.165, 1.54) is 41.5 Å². The summed E-state index contributed by atoms with van der Waals surface area (Å²) in [5.74, 6) is -8.48. The minimum atomic E-state index is -1.57. The molecule has 1 aliphatic carbocycles. The standard InChI is InChI=1S/C79H134N7O31P/c1-17-63-72(111-57(14)90)69(108-54(11)87)51(8)77(114-63)104-44-41-101-38-35-98-32-28-81-66(93)26-25-62(84-75(96)60-21-23-61(24-22-60)117-118(107-31-20-27-80)86(49(4)5)50(6)7)76(97)85(47-67(94)82-29-33-99-36-39-102-42-45-105-78-52(9)70(109-55(12)88)73(112-58(15)91)64(18-2)115-78)48-68(95)83-30-34-100-37-40-103-43-46-106-79-53(10)71(110-56(13)89)74(113-59(16)92)65(19-3)116-79/h49-53,60-65,69-74,77-79H,17-26,28-48H2,1-16H3,(H,81,93)(H,82,94)(H,83,95)(H,84,96). The highest BCUT2D eigenvalue weighted by molar-refractivity contribution is 7.44. The Bertz CT molecular complexity index is 2950. The zero-order valence-electron chi connectivity index (χ0n) is 71.9. The van der Waals surface area contributed by atoms with Crippen LogP contribution in [0.4, 0.5) is 0 Å². The normalized spacial score (nSPS) is 25.6. The maximum atomic E-state index is 15.1. The predicted molar refractivity (Wildman–Crippen MR) is 419 cm³/mol. The molecule has 0 spiro atoms. The fourth-order valence-corrected chi connectivity index (χ4v) is 15.6. The van der Waals surface area contributed by atoms with E-state index in [0.29, 0.717) is 44.9 Å². The lowest BCUT2D eigenvalue weighted by molar-refractivity contribution is -0.285. The first kappa shape index (κ1) is 104. The first-order valence-corrected chi connectivity index (χ1v) is 42.4. The average Bonchev–Trinajstić information content (AvgIpc) is 0.806. The van der Waals surface area contributed by atoms with Crippen LogP contribution in [0.5, 0.6) is 0 Å². The van der Waals surface area contributed by atoms with Gasteiger partial charge in [-0.3, -0.25) is 52.7 Å². The van der Waals surface area contributed by atoms with E-state index in [2.05, 4.69) is 32.0 Å². The van der Waals surface area contributed by atoms with E-state index in [-0.39, 0.29) is 163 Å². The fraction of sp³-hybridized carbons (Fsp3) is 0.848. The van der Waals surface area contributed by atoms with Crippen molar-refractivity contribution in [2.75, 3.05) is 138 Å². The number of nitrogens with zero attached hydrogens (tertiary/aromatic N) is 3. The highest BCUT2D eigenvalue weighted by Crippen LogP contribution is 2.49. The number of carbonyl (C=O) groups is 11. The summed E-state index contributed by atoms with van der Waals surface area (Å²) < 4.78 is 119. The average molecular weight is 1710 g/mol. The summed E-state index contributed by atoms with van der Waals surface area (Å²) in [6.45, 7) is 27.1. The predicted octanol–water partition coefficient (Wildman–Crippen LogP) is 4.33. The van der Waals surface area contributed by atoms with Crippen LogP contribution in [-0.2, 0) is 147 Å². The van der Waals surface area contributed by atoms with Crippen molar-refractivity contribution in [3.05, 3.63) is 0 Å². The molecule has 38 nitrogen and oxygen atoms in total. The lowest BCUT2D eigenvalue weighted by Crippen LogP contribution is -2.57. The second-order valence-corrected chi connectivity index (χ2v) is 31.0. The Morgan fingerprint density at radius 3 is 1.08 bits per heavy atom. The summed E-state index contributed by atoms with van der Waals surface area (Å²) in [6, 6.07) is 0.810. The van der Waals surface area contributed by atoms with Gasteiger partial charge in [0.2, 0.25) is 29.5 Å². The van der Waals surface area contributed by atoms with Gasteiger partial charge in [0.05, 0.1) is 124 Å². The van der Waals surface area contributed by atoms with Crippen LogP contribution in [0.2, 0.25) is 0 Å². The number of nitrogens with one attached hydrogen (secondary N) is 4. The highest BCUT2D eigenvalue weighted by atomic mass is 31.2. The number of carbonyl (C=O) groups excluding carboxylic acids is 11. The van der Waals surface area contributed by atoms with Gasteiger partial charge in [-0.05, 0) is 79.1 Å². The molecule has 3 heterocycles.